The summed E-state index contributed by atoms with van der Waals surface area (Å²) in [5.41, 5.74) is 4.18. The van der Waals surface area contributed by atoms with Crippen LogP contribution in [0.2, 0.25) is 0 Å². The number of hydrogen-bond donors (Lipinski definition) is 1. The molecule has 1 aromatic heterocycles. The van der Waals surface area contributed by atoms with Crippen molar-refractivity contribution in [2.24, 2.45) is 0 Å². The highest BCUT2D eigenvalue weighted by Crippen LogP contribution is 2.30. The molecular formula is C23H27N3O3. The van der Waals surface area contributed by atoms with Gasteiger partial charge < -0.3 is 14.6 Å². The first-order chi connectivity index (χ1) is 14.1. The molecule has 6 heteroatoms. The Morgan fingerprint density at radius 2 is 1.86 bits per heavy atom. The normalized spacial score (nSPS) is 15.0. The van der Waals surface area contributed by atoms with Crippen LogP contribution in [0.1, 0.15) is 35.5 Å². The van der Waals surface area contributed by atoms with E-state index in [1.54, 1.807) is 14.0 Å². The lowest BCUT2D eigenvalue weighted by Crippen LogP contribution is -2.33. The van der Waals surface area contributed by atoms with E-state index < -0.39 is 6.10 Å². The predicted octanol–water partition coefficient (Wildman–Crippen LogP) is 3.54. The molecule has 0 fully saturated rings. The molecule has 1 aliphatic heterocycles. The molecule has 2 heterocycles. The predicted molar refractivity (Wildman–Crippen MR) is 111 cm³/mol. The maximum Gasteiger partial charge on any atom is 0.161 e. The van der Waals surface area contributed by atoms with Gasteiger partial charge in [-0.05, 0) is 36.2 Å². The van der Waals surface area contributed by atoms with Gasteiger partial charge in [0.15, 0.2) is 11.5 Å². The zero-order valence-corrected chi connectivity index (χ0v) is 16.9. The third-order valence-corrected chi connectivity index (χ3v) is 5.20. The Morgan fingerprint density at radius 3 is 2.62 bits per heavy atom. The van der Waals surface area contributed by atoms with E-state index in [9.17, 15) is 5.11 Å². The molecule has 0 radical (unpaired) electrons. The fraction of sp³-hybridized carbons (Fsp3) is 0.348. The summed E-state index contributed by atoms with van der Waals surface area (Å²) in [5, 5.41) is 14.2. The molecule has 29 heavy (non-hydrogen) atoms. The number of aliphatic hydroxyl groups excluding tert-OH is 1. The lowest BCUT2D eigenvalue weighted by atomic mass is 10.1. The molecule has 0 saturated heterocycles. The topological polar surface area (TPSA) is 59.8 Å². The molecule has 3 aromatic rings. The minimum Gasteiger partial charge on any atom is -0.493 e. The molecule has 1 atom stereocenters. The molecule has 152 valence electrons. The monoisotopic (exact) mass is 393 g/mol. The highest BCUT2D eigenvalue weighted by Gasteiger charge is 2.20. The molecule has 1 aliphatic rings. The Morgan fingerprint density at radius 1 is 1.03 bits per heavy atom. The molecule has 1 N–H and O–H groups in total. The third-order valence-electron chi connectivity index (χ3n) is 5.20. The summed E-state index contributed by atoms with van der Waals surface area (Å²) in [6, 6.07) is 18.2. The van der Waals surface area contributed by atoms with Gasteiger partial charge in [0.2, 0.25) is 0 Å². The van der Waals surface area contributed by atoms with Crippen molar-refractivity contribution in [3.63, 3.8) is 0 Å². The molecule has 0 unspecified atom stereocenters. The SMILES string of the molecule is COc1cc(CN2CCn3nc([C@H](C)O)cc3C2)ccc1OCc1ccccc1. The fourth-order valence-electron chi connectivity index (χ4n) is 3.61. The summed E-state index contributed by atoms with van der Waals surface area (Å²) in [6.45, 7) is 5.65. The van der Waals surface area contributed by atoms with Crippen molar-refractivity contribution >= 4 is 0 Å². The molecule has 0 saturated carbocycles. The van der Waals surface area contributed by atoms with E-state index >= 15 is 0 Å². The molecule has 0 aliphatic carbocycles. The van der Waals surface area contributed by atoms with Crippen LogP contribution < -0.4 is 9.47 Å². The second-order valence-electron chi connectivity index (χ2n) is 7.43. The van der Waals surface area contributed by atoms with Gasteiger partial charge in [0.05, 0.1) is 31.1 Å². The van der Waals surface area contributed by atoms with Gasteiger partial charge in [0.1, 0.15) is 6.61 Å². The van der Waals surface area contributed by atoms with Crippen LogP contribution in [0.5, 0.6) is 11.5 Å². The van der Waals surface area contributed by atoms with Crippen molar-refractivity contribution in [1.82, 2.24) is 14.7 Å². The number of methoxy groups -OCH3 is 1. The second kappa shape index (κ2) is 8.68. The Hall–Kier alpha value is -2.83. The van der Waals surface area contributed by atoms with Crippen LogP contribution in [-0.4, -0.2) is 33.4 Å². The zero-order valence-electron chi connectivity index (χ0n) is 16.9. The number of ether oxygens (including phenoxy) is 2. The highest BCUT2D eigenvalue weighted by molar-refractivity contribution is 5.43. The van der Waals surface area contributed by atoms with Crippen LogP contribution in [0.3, 0.4) is 0 Å². The van der Waals surface area contributed by atoms with Gasteiger partial charge in [0.25, 0.3) is 0 Å². The maximum atomic E-state index is 9.76. The van der Waals surface area contributed by atoms with Crippen LogP contribution in [0.4, 0.5) is 0 Å². The summed E-state index contributed by atoms with van der Waals surface area (Å²) in [4.78, 5) is 2.38. The van der Waals surface area contributed by atoms with Crippen molar-refractivity contribution in [1.29, 1.82) is 0 Å². The molecule has 4 rings (SSSR count). The molecule has 2 aromatic carbocycles. The van der Waals surface area contributed by atoms with E-state index in [2.05, 4.69) is 16.1 Å². The average molecular weight is 393 g/mol. The summed E-state index contributed by atoms with van der Waals surface area (Å²) in [7, 11) is 1.67. The standard InChI is InChI=1S/C23H27N3O3/c1-17(27)21-13-20-15-25(10-11-26(20)24-21)14-19-8-9-22(23(12-19)28-2)29-16-18-6-4-3-5-7-18/h3-9,12-13,17,27H,10-11,14-16H2,1-2H3/t17-/m0/s1. The quantitative estimate of drug-likeness (QED) is 0.665. The van der Waals surface area contributed by atoms with E-state index in [0.717, 1.165) is 54.6 Å². The minimum absolute atomic E-state index is 0.512. The maximum absolute atomic E-state index is 9.76. The molecule has 0 amide bonds. The fourth-order valence-corrected chi connectivity index (χ4v) is 3.61. The molecular weight excluding hydrogens is 366 g/mol. The average Bonchev–Trinajstić information content (AvgIpc) is 3.17. The number of fused-ring (bicyclic) bond motifs is 1. The minimum atomic E-state index is -0.533. The van der Waals surface area contributed by atoms with Crippen LogP contribution in [-0.2, 0) is 26.2 Å². The van der Waals surface area contributed by atoms with E-state index in [1.807, 2.05) is 53.2 Å². The molecule has 0 bridgehead atoms. The first-order valence-corrected chi connectivity index (χ1v) is 9.93. The van der Waals surface area contributed by atoms with Crippen LogP contribution in [0, 0.1) is 0 Å². The van der Waals surface area contributed by atoms with Crippen molar-refractivity contribution < 1.29 is 14.6 Å². The lowest BCUT2D eigenvalue weighted by Gasteiger charge is -2.27. The van der Waals surface area contributed by atoms with Crippen molar-refractivity contribution in [3.8, 4) is 11.5 Å². The number of nitrogens with zero attached hydrogens (tertiary/aromatic N) is 3. The van der Waals surface area contributed by atoms with Crippen molar-refractivity contribution in [2.75, 3.05) is 13.7 Å². The van der Waals surface area contributed by atoms with Crippen molar-refractivity contribution in [2.45, 2.75) is 39.3 Å². The number of benzene rings is 2. The number of aliphatic hydroxyl groups is 1. The number of rotatable bonds is 7. The summed E-state index contributed by atoms with van der Waals surface area (Å²) >= 11 is 0. The van der Waals surface area contributed by atoms with Gasteiger partial charge in [-0.15, -0.1) is 0 Å². The van der Waals surface area contributed by atoms with Crippen molar-refractivity contribution in [3.05, 3.63) is 77.1 Å². The van der Waals surface area contributed by atoms with Gasteiger partial charge in [-0.25, -0.2) is 0 Å². The Balaban J connectivity index is 1.41. The summed E-state index contributed by atoms with van der Waals surface area (Å²) in [5.74, 6) is 1.50. The Bertz CT molecular complexity index is 953. The Kier molecular flexibility index (Phi) is 5.83. The van der Waals surface area contributed by atoms with Crippen LogP contribution in [0.15, 0.2) is 54.6 Å². The lowest BCUT2D eigenvalue weighted by molar-refractivity contribution is 0.189. The van der Waals surface area contributed by atoms with E-state index in [1.165, 1.54) is 5.56 Å². The smallest absolute Gasteiger partial charge is 0.161 e. The van der Waals surface area contributed by atoms with E-state index in [-0.39, 0.29) is 0 Å². The largest absolute Gasteiger partial charge is 0.493 e. The van der Waals surface area contributed by atoms with Gasteiger partial charge in [-0.2, -0.15) is 5.10 Å². The summed E-state index contributed by atoms with van der Waals surface area (Å²) in [6.07, 6.45) is -0.533. The zero-order chi connectivity index (χ0) is 20.2. The highest BCUT2D eigenvalue weighted by atomic mass is 16.5. The van der Waals surface area contributed by atoms with Crippen LogP contribution in [0.25, 0.3) is 0 Å². The van der Waals surface area contributed by atoms with Gasteiger partial charge in [-0.1, -0.05) is 36.4 Å². The first-order valence-electron chi connectivity index (χ1n) is 9.93. The first kappa shape index (κ1) is 19.5. The molecule has 6 nitrogen and oxygen atoms in total. The van der Waals surface area contributed by atoms with E-state index in [0.29, 0.717) is 6.61 Å². The van der Waals surface area contributed by atoms with Gasteiger partial charge in [0, 0.05) is 19.6 Å². The van der Waals surface area contributed by atoms with Gasteiger partial charge >= 0.3 is 0 Å². The number of hydrogen-bond acceptors (Lipinski definition) is 5. The number of aromatic nitrogens is 2. The van der Waals surface area contributed by atoms with E-state index in [4.69, 9.17) is 9.47 Å². The Labute approximate surface area is 171 Å². The van der Waals surface area contributed by atoms with Crippen LogP contribution >= 0.6 is 0 Å². The van der Waals surface area contributed by atoms with Gasteiger partial charge in [-0.3, -0.25) is 9.58 Å². The summed E-state index contributed by atoms with van der Waals surface area (Å²) < 4.78 is 13.5. The second-order valence-corrected chi connectivity index (χ2v) is 7.43. The molecule has 0 spiro atoms. The third kappa shape index (κ3) is 4.60.